The lowest BCUT2D eigenvalue weighted by atomic mass is 9.84. The van der Waals surface area contributed by atoms with Crippen LogP contribution in [0.4, 0.5) is 13.2 Å². The SMILES string of the molecule is O=C(C1CCC1)N(Cc1ccc(C(F)(F)F)cc1)C[C@@H]1CC(c2ccccc2Cl)=NO1. The van der Waals surface area contributed by atoms with Crippen LogP contribution in [-0.4, -0.2) is 29.2 Å². The maximum Gasteiger partial charge on any atom is 0.416 e. The Balaban J connectivity index is 1.45. The molecule has 1 fully saturated rings. The number of nitrogens with zero attached hydrogens (tertiary/aromatic N) is 2. The summed E-state index contributed by atoms with van der Waals surface area (Å²) in [6.07, 6.45) is -1.51. The van der Waals surface area contributed by atoms with E-state index in [2.05, 4.69) is 5.16 Å². The molecular weight excluding hydrogens is 429 g/mol. The van der Waals surface area contributed by atoms with Crippen LogP contribution < -0.4 is 0 Å². The largest absolute Gasteiger partial charge is 0.416 e. The molecule has 2 aliphatic rings. The van der Waals surface area contributed by atoms with Gasteiger partial charge in [0.1, 0.15) is 0 Å². The summed E-state index contributed by atoms with van der Waals surface area (Å²) in [5.41, 5.74) is 1.46. The molecule has 1 aliphatic heterocycles. The molecular formula is C23H22ClF3N2O2. The van der Waals surface area contributed by atoms with Gasteiger partial charge < -0.3 is 9.74 Å². The number of alkyl halides is 3. The molecule has 0 unspecified atom stereocenters. The van der Waals surface area contributed by atoms with Gasteiger partial charge in [-0.15, -0.1) is 0 Å². The van der Waals surface area contributed by atoms with Crippen molar-refractivity contribution in [2.75, 3.05) is 6.54 Å². The normalized spacial score (nSPS) is 18.8. The number of hydrogen-bond acceptors (Lipinski definition) is 3. The first kappa shape index (κ1) is 21.7. The average Bonchev–Trinajstić information content (AvgIpc) is 3.14. The Morgan fingerprint density at radius 1 is 1.13 bits per heavy atom. The molecule has 1 atom stereocenters. The van der Waals surface area contributed by atoms with Gasteiger partial charge in [-0.25, -0.2) is 0 Å². The molecule has 164 valence electrons. The Morgan fingerprint density at radius 3 is 2.45 bits per heavy atom. The van der Waals surface area contributed by atoms with E-state index in [-0.39, 0.29) is 24.5 Å². The molecule has 0 bridgehead atoms. The van der Waals surface area contributed by atoms with E-state index < -0.39 is 11.7 Å². The maximum atomic E-state index is 13.0. The van der Waals surface area contributed by atoms with Gasteiger partial charge in [0.25, 0.3) is 0 Å². The molecule has 0 radical (unpaired) electrons. The van der Waals surface area contributed by atoms with Gasteiger partial charge in [0, 0.05) is 29.5 Å². The molecule has 1 amide bonds. The third kappa shape index (κ3) is 5.03. The van der Waals surface area contributed by atoms with Gasteiger partial charge in [-0.2, -0.15) is 13.2 Å². The molecule has 0 spiro atoms. The van der Waals surface area contributed by atoms with Crippen LogP contribution in [0.15, 0.2) is 53.7 Å². The number of carbonyl (C=O) groups is 1. The molecule has 0 saturated heterocycles. The lowest BCUT2D eigenvalue weighted by Gasteiger charge is -2.32. The van der Waals surface area contributed by atoms with Crippen molar-refractivity contribution in [2.24, 2.45) is 11.1 Å². The fourth-order valence-electron chi connectivity index (χ4n) is 3.79. The molecule has 2 aromatic rings. The predicted molar refractivity (Wildman–Crippen MR) is 112 cm³/mol. The number of rotatable bonds is 6. The average molecular weight is 451 g/mol. The number of carbonyl (C=O) groups excluding carboxylic acids is 1. The minimum Gasteiger partial charge on any atom is -0.390 e. The van der Waals surface area contributed by atoms with Crippen LogP contribution in [0.25, 0.3) is 0 Å². The van der Waals surface area contributed by atoms with E-state index in [1.54, 1.807) is 11.0 Å². The van der Waals surface area contributed by atoms with Crippen molar-refractivity contribution in [1.82, 2.24) is 4.90 Å². The van der Waals surface area contributed by atoms with Gasteiger partial charge in [0.15, 0.2) is 6.10 Å². The summed E-state index contributed by atoms with van der Waals surface area (Å²) in [4.78, 5) is 20.2. The second-order valence-electron chi connectivity index (χ2n) is 7.99. The van der Waals surface area contributed by atoms with Crippen molar-refractivity contribution in [1.29, 1.82) is 0 Å². The molecule has 0 aromatic heterocycles. The maximum absolute atomic E-state index is 13.0. The van der Waals surface area contributed by atoms with Crippen LogP contribution in [0.2, 0.25) is 5.02 Å². The Kier molecular flexibility index (Phi) is 6.23. The van der Waals surface area contributed by atoms with E-state index in [0.29, 0.717) is 23.6 Å². The number of hydrogen-bond donors (Lipinski definition) is 0. The van der Waals surface area contributed by atoms with Crippen molar-refractivity contribution >= 4 is 23.2 Å². The summed E-state index contributed by atoms with van der Waals surface area (Å²) in [5, 5.41) is 4.74. The molecule has 31 heavy (non-hydrogen) atoms. The Bertz CT molecular complexity index is 972. The fourth-order valence-corrected chi connectivity index (χ4v) is 4.04. The van der Waals surface area contributed by atoms with Gasteiger partial charge >= 0.3 is 6.18 Å². The summed E-state index contributed by atoms with van der Waals surface area (Å²) < 4.78 is 38.5. The van der Waals surface area contributed by atoms with E-state index >= 15 is 0 Å². The lowest BCUT2D eigenvalue weighted by molar-refractivity contribution is -0.141. The summed E-state index contributed by atoms with van der Waals surface area (Å²) in [7, 11) is 0. The second kappa shape index (κ2) is 8.91. The quantitative estimate of drug-likeness (QED) is 0.568. The van der Waals surface area contributed by atoms with Crippen LogP contribution in [0.1, 0.15) is 42.4 Å². The van der Waals surface area contributed by atoms with E-state index in [9.17, 15) is 18.0 Å². The molecule has 4 rings (SSSR count). The Morgan fingerprint density at radius 2 is 1.84 bits per heavy atom. The molecule has 0 N–H and O–H groups in total. The highest BCUT2D eigenvalue weighted by Gasteiger charge is 2.34. The number of oxime groups is 1. The van der Waals surface area contributed by atoms with Gasteiger partial charge in [0.05, 0.1) is 17.8 Å². The molecule has 1 heterocycles. The third-order valence-corrected chi connectivity index (χ3v) is 6.09. The van der Waals surface area contributed by atoms with Crippen molar-refractivity contribution in [3.05, 3.63) is 70.2 Å². The standard InChI is InChI=1S/C23H22ClF3N2O2/c24-20-7-2-1-6-19(20)21-12-18(31-28-21)14-29(22(30)16-4-3-5-16)13-15-8-10-17(11-9-15)23(25,26)27/h1-2,6-11,16,18H,3-5,12-14H2/t18-/m0/s1. The number of benzene rings is 2. The van der Waals surface area contributed by atoms with Crippen LogP contribution >= 0.6 is 11.6 Å². The Hall–Kier alpha value is -2.54. The minimum absolute atomic E-state index is 0.0148. The van der Waals surface area contributed by atoms with Gasteiger partial charge in [-0.3, -0.25) is 4.79 Å². The van der Waals surface area contributed by atoms with Crippen molar-refractivity contribution in [3.8, 4) is 0 Å². The van der Waals surface area contributed by atoms with E-state index in [1.165, 1.54) is 12.1 Å². The molecule has 1 saturated carbocycles. The first-order chi connectivity index (χ1) is 14.8. The topological polar surface area (TPSA) is 41.9 Å². The van der Waals surface area contributed by atoms with Crippen LogP contribution in [-0.2, 0) is 22.4 Å². The van der Waals surface area contributed by atoms with Gasteiger partial charge in [-0.05, 0) is 36.6 Å². The molecule has 1 aliphatic carbocycles. The second-order valence-corrected chi connectivity index (χ2v) is 8.40. The Labute approximate surface area is 183 Å². The highest BCUT2D eigenvalue weighted by molar-refractivity contribution is 6.34. The van der Waals surface area contributed by atoms with E-state index in [1.807, 2.05) is 18.2 Å². The highest BCUT2D eigenvalue weighted by atomic mass is 35.5. The van der Waals surface area contributed by atoms with E-state index in [0.717, 1.165) is 42.7 Å². The van der Waals surface area contributed by atoms with E-state index in [4.69, 9.17) is 16.4 Å². The van der Waals surface area contributed by atoms with Crippen molar-refractivity contribution in [2.45, 2.75) is 44.5 Å². The zero-order valence-corrected chi connectivity index (χ0v) is 17.5. The van der Waals surface area contributed by atoms with Gasteiger partial charge in [-0.1, -0.05) is 53.5 Å². The van der Waals surface area contributed by atoms with Crippen LogP contribution in [0, 0.1) is 5.92 Å². The zero-order valence-electron chi connectivity index (χ0n) is 16.7. The summed E-state index contributed by atoms with van der Waals surface area (Å²) in [6.45, 7) is 0.544. The molecule has 4 nitrogen and oxygen atoms in total. The smallest absolute Gasteiger partial charge is 0.390 e. The monoisotopic (exact) mass is 450 g/mol. The molecule has 2 aromatic carbocycles. The third-order valence-electron chi connectivity index (χ3n) is 5.76. The molecule has 8 heteroatoms. The van der Waals surface area contributed by atoms with Gasteiger partial charge in [0.2, 0.25) is 5.91 Å². The summed E-state index contributed by atoms with van der Waals surface area (Å²) in [5.74, 6) is -0.0132. The summed E-state index contributed by atoms with van der Waals surface area (Å²) >= 11 is 6.25. The predicted octanol–water partition coefficient (Wildman–Crippen LogP) is 5.68. The van der Waals surface area contributed by atoms with Crippen molar-refractivity contribution in [3.63, 3.8) is 0 Å². The first-order valence-corrected chi connectivity index (χ1v) is 10.6. The van der Waals surface area contributed by atoms with Crippen LogP contribution in [0.3, 0.4) is 0 Å². The van der Waals surface area contributed by atoms with Crippen LogP contribution in [0.5, 0.6) is 0 Å². The fraction of sp³-hybridized carbons (Fsp3) is 0.391. The number of amides is 1. The first-order valence-electron chi connectivity index (χ1n) is 10.2. The minimum atomic E-state index is -4.38. The summed E-state index contributed by atoms with van der Waals surface area (Å²) in [6, 6.07) is 12.3. The highest BCUT2D eigenvalue weighted by Crippen LogP contribution is 2.31. The zero-order chi connectivity index (χ0) is 22.0. The van der Waals surface area contributed by atoms with Crippen molar-refractivity contribution < 1.29 is 22.8 Å². The lowest BCUT2D eigenvalue weighted by Crippen LogP contribution is -2.42. The number of halogens is 4.